The van der Waals surface area contributed by atoms with Crippen molar-refractivity contribution in [3.8, 4) is 0 Å². The van der Waals surface area contributed by atoms with E-state index in [0.29, 0.717) is 34.9 Å². The third-order valence-corrected chi connectivity index (χ3v) is 4.70. The molecule has 0 aliphatic rings. The Balaban J connectivity index is 2.00. The second kappa shape index (κ2) is 11.2. The quantitative estimate of drug-likeness (QED) is 0.459. The van der Waals surface area contributed by atoms with E-state index in [1.165, 1.54) is 0 Å². The highest BCUT2D eigenvalue weighted by atomic mass is 35.5. The van der Waals surface area contributed by atoms with E-state index in [1.54, 1.807) is 31.2 Å². The van der Waals surface area contributed by atoms with Gasteiger partial charge in [0.15, 0.2) is 0 Å². The number of amides is 3. The summed E-state index contributed by atoms with van der Waals surface area (Å²) in [6, 6.07) is 10.4. The molecule has 0 aliphatic carbocycles. The second-order valence-corrected chi connectivity index (χ2v) is 7.18. The van der Waals surface area contributed by atoms with Crippen LogP contribution in [0.2, 0.25) is 5.02 Å². The lowest BCUT2D eigenvalue weighted by atomic mass is 10.1. The van der Waals surface area contributed by atoms with Gasteiger partial charge in [-0.2, -0.15) is 0 Å². The predicted octanol–water partition coefficient (Wildman–Crippen LogP) is 4.79. The van der Waals surface area contributed by atoms with Crippen molar-refractivity contribution in [2.45, 2.75) is 40.0 Å². The van der Waals surface area contributed by atoms with E-state index in [4.69, 9.17) is 11.6 Å². The molecule has 0 heterocycles. The molecule has 2 aromatic carbocycles. The van der Waals surface area contributed by atoms with E-state index >= 15 is 0 Å². The Bertz CT molecular complexity index is 931. The average Bonchev–Trinajstić information content (AvgIpc) is 2.71. The molecule has 7 nitrogen and oxygen atoms in total. The highest BCUT2D eigenvalue weighted by Crippen LogP contribution is 2.26. The normalized spacial score (nSPS) is 10.3. The van der Waals surface area contributed by atoms with Crippen LogP contribution < -0.4 is 21.3 Å². The maximum atomic E-state index is 12.4. The zero-order valence-electron chi connectivity index (χ0n) is 17.4. The van der Waals surface area contributed by atoms with Crippen LogP contribution in [0.4, 0.5) is 22.7 Å². The molecule has 0 aromatic heterocycles. The molecule has 0 fully saturated rings. The van der Waals surface area contributed by atoms with Crippen LogP contribution in [0.5, 0.6) is 0 Å². The fourth-order valence-electron chi connectivity index (χ4n) is 2.72. The number of benzene rings is 2. The van der Waals surface area contributed by atoms with Gasteiger partial charge < -0.3 is 21.3 Å². The SMILES string of the molecule is CCCC(=O)Nc1ccc(Cl)c(NC(=O)CNc2cccc(NC(=O)CC)c2C)c1. The van der Waals surface area contributed by atoms with Gasteiger partial charge in [0.1, 0.15) is 0 Å². The zero-order valence-corrected chi connectivity index (χ0v) is 18.2. The minimum Gasteiger partial charge on any atom is -0.376 e. The molecule has 0 spiro atoms. The van der Waals surface area contributed by atoms with Crippen molar-refractivity contribution >= 4 is 52.1 Å². The fourth-order valence-corrected chi connectivity index (χ4v) is 2.89. The van der Waals surface area contributed by atoms with Gasteiger partial charge in [-0.15, -0.1) is 0 Å². The maximum absolute atomic E-state index is 12.4. The zero-order chi connectivity index (χ0) is 22.1. The van der Waals surface area contributed by atoms with E-state index in [-0.39, 0.29) is 24.3 Å². The molecule has 0 saturated carbocycles. The van der Waals surface area contributed by atoms with Crippen LogP contribution in [-0.2, 0) is 14.4 Å². The summed E-state index contributed by atoms with van der Waals surface area (Å²) >= 11 is 6.18. The summed E-state index contributed by atoms with van der Waals surface area (Å²) in [7, 11) is 0. The minimum atomic E-state index is -0.295. The molecule has 30 heavy (non-hydrogen) atoms. The molecule has 0 radical (unpaired) electrons. The van der Waals surface area contributed by atoms with Crippen molar-refractivity contribution in [3.63, 3.8) is 0 Å². The molecule has 160 valence electrons. The molecule has 2 aromatic rings. The second-order valence-electron chi connectivity index (χ2n) is 6.77. The van der Waals surface area contributed by atoms with Crippen molar-refractivity contribution < 1.29 is 14.4 Å². The Morgan fingerprint density at radius 1 is 0.867 bits per heavy atom. The minimum absolute atomic E-state index is 0.00870. The lowest BCUT2D eigenvalue weighted by Gasteiger charge is -2.14. The molecule has 0 atom stereocenters. The summed E-state index contributed by atoms with van der Waals surface area (Å²) in [6.07, 6.45) is 1.56. The Morgan fingerprint density at radius 2 is 1.57 bits per heavy atom. The molecule has 0 aliphatic heterocycles. The first kappa shape index (κ1) is 23.2. The molecule has 0 unspecified atom stereocenters. The lowest BCUT2D eigenvalue weighted by molar-refractivity contribution is -0.116. The Labute approximate surface area is 181 Å². The molecule has 3 amide bonds. The average molecular weight is 431 g/mol. The smallest absolute Gasteiger partial charge is 0.243 e. The van der Waals surface area contributed by atoms with Crippen molar-refractivity contribution in [1.82, 2.24) is 0 Å². The fraction of sp³-hybridized carbons (Fsp3) is 0.318. The van der Waals surface area contributed by atoms with E-state index in [0.717, 1.165) is 17.7 Å². The van der Waals surface area contributed by atoms with Crippen molar-refractivity contribution in [3.05, 3.63) is 47.0 Å². The summed E-state index contributed by atoms with van der Waals surface area (Å²) in [4.78, 5) is 35.8. The van der Waals surface area contributed by atoms with Gasteiger partial charge in [0.2, 0.25) is 17.7 Å². The van der Waals surface area contributed by atoms with E-state index in [2.05, 4.69) is 21.3 Å². The van der Waals surface area contributed by atoms with E-state index in [1.807, 2.05) is 26.0 Å². The van der Waals surface area contributed by atoms with Crippen LogP contribution in [0, 0.1) is 6.92 Å². The van der Waals surface area contributed by atoms with Crippen LogP contribution in [0.25, 0.3) is 0 Å². The van der Waals surface area contributed by atoms with E-state index in [9.17, 15) is 14.4 Å². The molecule has 0 saturated heterocycles. The third kappa shape index (κ3) is 6.77. The summed E-state index contributed by atoms with van der Waals surface area (Å²) in [6.45, 7) is 5.58. The van der Waals surface area contributed by atoms with Gasteiger partial charge in [0.25, 0.3) is 0 Å². The number of carbonyl (C=O) groups is 3. The van der Waals surface area contributed by atoms with E-state index < -0.39 is 0 Å². The van der Waals surface area contributed by atoms with Gasteiger partial charge in [0, 0.05) is 29.9 Å². The predicted molar refractivity (Wildman–Crippen MR) is 122 cm³/mol. The molecule has 0 bridgehead atoms. The maximum Gasteiger partial charge on any atom is 0.243 e. The summed E-state index contributed by atoms with van der Waals surface area (Å²) in [5, 5.41) is 11.8. The number of carbonyl (C=O) groups excluding carboxylic acids is 3. The standard InChI is InChI=1S/C22H27ClN4O3/c1-4-7-21(29)25-15-10-11-16(23)19(12-15)27-22(30)13-24-17-8-6-9-18(14(17)3)26-20(28)5-2/h6,8-12,24H,4-5,7,13H2,1-3H3,(H,25,29)(H,26,28)(H,27,30). The van der Waals surface area contributed by atoms with Crippen molar-refractivity contribution in [1.29, 1.82) is 0 Å². The Kier molecular flexibility index (Phi) is 8.68. The van der Waals surface area contributed by atoms with Gasteiger partial charge in [-0.3, -0.25) is 14.4 Å². The van der Waals surface area contributed by atoms with Crippen LogP contribution in [0.15, 0.2) is 36.4 Å². The first-order chi connectivity index (χ1) is 14.3. The number of halogens is 1. The van der Waals surface area contributed by atoms with Crippen molar-refractivity contribution in [2.24, 2.45) is 0 Å². The number of hydrogen-bond acceptors (Lipinski definition) is 4. The first-order valence-corrected chi connectivity index (χ1v) is 10.2. The van der Waals surface area contributed by atoms with Crippen LogP contribution >= 0.6 is 11.6 Å². The third-order valence-electron chi connectivity index (χ3n) is 4.37. The van der Waals surface area contributed by atoms with Crippen LogP contribution in [0.1, 0.15) is 38.7 Å². The molecule has 4 N–H and O–H groups in total. The van der Waals surface area contributed by atoms with Crippen LogP contribution in [-0.4, -0.2) is 24.3 Å². The molecular weight excluding hydrogens is 404 g/mol. The number of rotatable bonds is 9. The van der Waals surface area contributed by atoms with Crippen LogP contribution in [0.3, 0.4) is 0 Å². The van der Waals surface area contributed by atoms with Gasteiger partial charge in [-0.25, -0.2) is 0 Å². The van der Waals surface area contributed by atoms with Gasteiger partial charge in [0.05, 0.1) is 17.3 Å². The summed E-state index contributed by atoms with van der Waals surface area (Å²) < 4.78 is 0. The molecule has 2 rings (SSSR count). The first-order valence-electron chi connectivity index (χ1n) is 9.86. The lowest BCUT2D eigenvalue weighted by Crippen LogP contribution is -2.22. The van der Waals surface area contributed by atoms with Gasteiger partial charge >= 0.3 is 0 Å². The number of hydrogen-bond donors (Lipinski definition) is 4. The Morgan fingerprint density at radius 3 is 2.27 bits per heavy atom. The number of nitrogens with one attached hydrogen (secondary N) is 4. The molecule has 8 heteroatoms. The van der Waals surface area contributed by atoms with Gasteiger partial charge in [-0.1, -0.05) is 31.5 Å². The highest BCUT2D eigenvalue weighted by Gasteiger charge is 2.11. The largest absolute Gasteiger partial charge is 0.376 e. The topological polar surface area (TPSA) is 99.3 Å². The Hall–Kier alpha value is -3.06. The monoisotopic (exact) mass is 430 g/mol. The highest BCUT2D eigenvalue weighted by molar-refractivity contribution is 6.34. The van der Waals surface area contributed by atoms with Gasteiger partial charge in [-0.05, 0) is 49.2 Å². The molecular formula is C22H27ClN4O3. The number of anilines is 4. The summed E-state index contributed by atoms with van der Waals surface area (Å²) in [5.41, 5.74) is 3.26. The summed E-state index contributed by atoms with van der Waals surface area (Å²) in [5.74, 6) is -0.464. The van der Waals surface area contributed by atoms with Crippen molar-refractivity contribution in [2.75, 3.05) is 27.8 Å².